The van der Waals surface area contributed by atoms with Gasteiger partial charge in [-0.3, -0.25) is 14.7 Å². The highest BCUT2D eigenvalue weighted by Gasteiger charge is 2.80. The molecule has 2 N–H and O–H groups in total. The number of nitro benzene ring substituents is 1. The second-order valence-electron chi connectivity index (χ2n) is 6.14. The molecular formula is C15H5Cl6FN2O4. The van der Waals surface area contributed by atoms with Crippen LogP contribution >= 0.6 is 69.6 Å². The van der Waals surface area contributed by atoms with Crippen LogP contribution in [-0.2, 0) is 9.75 Å². The van der Waals surface area contributed by atoms with Crippen molar-refractivity contribution in [1.29, 1.82) is 0 Å². The third-order valence-corrected chi connectivity index (χ3v) is 8.94. The maximum atomic E-state index is 13.7. The summed E-state index contributed by atoms with van der Waals surface area (Å²) in [6.07, 6.45) is 0. The number of allylic oxidation sites excluding steroid dienone is 2. The number of fused-ring (bicyclic) bond motifs is 5. The molecule has 0 spiro atoms. The third kappa shape index (κ3) is 1.93. The molecule has 0 saturated carbocycles. The highest BCUT2D eigenvalue weighted by molar-refractivity contribution is 6.65. The number of benzene rings is 1. The summed E-state index contributed by atoms with van der Waals surface area (Å²) in [5, 5.41) is 32.1. The van der Waals surface area contributed by atoms with Gasteiger partial charge in [-0.1, -0.05) is 46.4 Å². The van der Waals surface area contributed by atoms with E-state index in [0.29, 0.717) is 0 Å². The highest BCUT2D eigenvalue weighted by Crippen LogP contribution is 2.80. The number of nitro groups is 1. The van der Waals surface area contributed by atoms with Crippen molar-refractivity contribution >= 4 is 75.3 Å². The van der Waals surface area contributed by atoms with Crippen LogP contribution in [-0.4, -0.2) is 24.0 Å². The summed E-state index contributed by atoms with van der Waals surface area (Å²) in [5.74, 6) is -2.50. The molecule has 1 aromatic heterocycles. The summed E-state index contributed by atoms with van der Waals surface area (Å²) in [6, 6.07) is 2.69. The minimum absolute atomic E-state index is 0.153. The third-order valence-electron chi connectivity index (χ3n) is 4.86. The summed E-state index contributed by atoms with van der Waals surface area (Å²) in [5.41, 5.74) is -1.46. The number of rotatable bonds is 2. The molecule has 0 unspecified atom stereocenters. The van der Waals surface area contributed by atoms with Crippen LogP contribution in [0.4, 0.5) is 10.1 Å². The number of aromatic nitrogens is 1. The zero-order chi connectivity index (χ0) is 21.0. The van der Waals surface area contributed by atoms with Gasteiger partial charge in [-0.2, -0.15) is 4.39 Å². The Morgan fingerprint density at radius 1 is 1.00 bits per heavy atom. The largest absolute Gasteiger partial charge is 0.494 e. The lowest BCUT2D eigenvalue weighted by molar-refractivity contribution is -0.387. The van der Waals surface area contributed by atoms with Gasteiger partial charge in [0.05, 0.1) is 31.8 Å². The first-order valence-electron chi connectivity index (χ1n) is 7.27. The van der Waals surface area contributed by atoms with E-state index in [-0.39, 0.29) is 26.9 Å². The molecular weight excluding hydrogens is 504 g/mol. The second-order valence-corrected chi connectivity index (χ2v) is 9.36. The van der Waals surface area contributed by atoms with Gasteiger partial charge in [-0.05, 0) is 12.1 Å². The van der Waals surface area contributed by atoms with Gasteiger partial charge in [-0.25, -0.2) is 0 Å². The maximum Gasteiger partial charge on any atom is 0.306 e. The highest BCUT2D eigenvalue weighted by atomic mass is 35.5. The van der Waals surface area contributed by atoms with Crippen LogP contribution in [0.1, 0.15) is 11.1 Å². The molecule has 2 atom stereocenters. The summed E-state index contributed by atoms with van der Waals surface area (Å²) in [4.78, 5) is 6.04. The topological polar surface area (TPSA) is 88.5 Å². The van der Waals surface area contributed by atoms with Crippen LogP contribution in [0, 0.1) is 15.9 Å². The van der Waals surface area contributed by atoms with Crippen molar-refractivity contribution in [2.24, 2.45) is 0 Å². The molecule has 2 bridgehead atoms. The molecule has 148 valence electrons. The van der Waals surface area contributed by atoms with Gasteiger partial charge in [0.1, 0.15) is 9.75 Å². The van der Waals surface area contributed by atoms with Crippen LogP contribution in [0.2, 0.25) is 0 Å². The Labute approximate surface area is 185 Å². The fraction of sp³-hybridized carbons (Fsp3) is 0.200. The number of hydrogen-bond acceptors (Lipinski definition) is 4. The lowest BCUT2D eigenvalue weighted by Crippen LogP contribution is -2.40. The van der Waals surface area contributed by atoms with Crippen molar-refractivity contribution in [3.8, 4) is 17.4 Å². The molecule has 2 aliphatic carbocycles. The van der Waals surface area contributed by atoms with Gasteiger partial charge in [0.15, 0.2) is 4.33 Å². The zero-order valence-electron chi connectivity index (χ0n) is 13.0. The van der Waals surface area contributed by atoms with Crippen molar-refractivity contribution in [3.05, 3.63) is 55.3 Å². The number of nitrogens with zero attached hydrogens (tertiary/aromatic N) is 2. The normalized spacial score (nSPS) is 27.4. The predicted octanol–water partition coefficient (Wildman–Crippen LogP) is 5.69. The lowest BCUT2D eigenvalue weighted by atomic mass is 10.00. The van der Waals surface area contributed by atoms with E-state index in [1.807, 2.05) is 0 Å². The van der Waals surface area contributed by atoms with Gasteiger partial charge in [0, 0.05) is 6.07 Å². The molecule has 0 amide bonds. The van der Waals surface area contributed by atoms with Crippen LogP contribution < -0.4 is 0 Å². The number of hydrogen-bond donors (Lipinski definition) is 2. The summed E-state index contributed by atoms with van der Waals surface area (Å²) < 4.78 is 12.4. The van der Waals surface area contributed by atoms with E-state index in [9.17, 15) is 24.7 Å². The standard InChI is InChI=1S/C15H5Cl6FN2O4/c16-9-10(17)14(19)8-7(13(9,18)15(14,20)21)11(25)23(12(8)26)4-1-2-5(22)6(3-4)24(27)28/h1-3,25-26H/t13-,14+. The predicted molar refractivity (Wildman–Crippen MR) is 104 cm³/mol. The minimum atomic E-state index is -2.08. The Balaban J connectivity index is 2.06. The summed E-state index contributed by atoms with van der Waals surface area (Å²) >= 11 is 38.2. The Bertz CT molecular complexity index is 1080. The molecule has 4 rings (SSSR count). The first-order valence-corrected chi connectivity index (χ1v) is 9.54. The van der Waals surface area contributed by atoms with E-state index in [4.69, 9.17) is 69.6 Å². The Morgan fingerprint density at radius 3 is 1.89 bits per heavy atom. The average molecular weight is 509 g/mol. The Morgan fingerprint density at radius 2 is 1.46 bits per heavy atom. The number of alkyl halides is 4. The average Bonchev–Trinajstić information content (AvgIpc) is 3.00. The Kier molecular flexibility index (Phi) is 4.14. The van der Waals surface area contributed by atoms with Gasteiger partial charge in [0.25, 0.3) is 0 Å². The smallest absolute Gasteiger partial charge is 0.306 e. The summed E-state index contributed by atoms with van der Waals surface area (Å²) in [7, 11) is 0. The van der Waals surface area contributed by atoms with E-state index < -0.39 is 42.3 Å². The Hall–Kier alpha value is -1.09. The second kappa shape index (κ2) is 5.74. The van der Waals surface area contributed by atoms with Gasteiger partial charge in [0.2, 0.25) is 17.6 Å². The van der Waals surface area contributed by atoms with Crippen molar-refractivity contribution in [3.63, 3.8) is 0 Å². The molecule has 1 heterocycles. The van der Waals surface area contributed by atoms with Crippen LogP contribution in [0.3, 0.4) is 0 Å². The molecule has 13 heteroatoms. The van der Waals surface area contributed by atoms with Crippen molar-refractivity contribution in [1.82, 2.24) is 4.57 Å². The van der Waals surface area contributed by atoms with E-state index >= 15 is 0 Å². The fourth-order valence-electron chi connectivity index (χ4n) is 3.57. The molecule has 6 nitrogen and oxygen atoms in total. The summed E-state index contributed by atoms with van der Waals surface area (Å²) in [6.45, 7) is 0. The molecule has 2 aliphatic rings. The molecule has 0 aliphatic heterocycles. The van der Waals surface area contributed by atoms with Gasteiger partial charge in [-0.15, -0.1) is 23.2 Å². The van der Waals surface area contributed by atoms with E-state index in [2.05, 4.69) is 0 Å². The van der Waals surface area contributed by atoms with Crippen LogP contribution in [0.25, 0.3) is 5.69 Å². The first kappa shape index (κ1) is 20.2. The van der Waals surface area contributed by atoms with Gasteiger partial charge < -0.3 is 10.2 Å². The lowest BCUT2D eigenvalue weighted by Gasteiger charge is -2.32. The first-order chi connectivity index (χ1) is 12.8. The monoisotopic (exact) mass is 506 g/mol. The SMILES string of the molecule is O=[N+]([O-])c1cc(-n2c(O)c3c(c2O)[C@@]2(Cl)C(Cl)=C(Cl)[C@]3(Cl)C2(Cl)Cl)ccc1F. The van der Waals surface area contributed by atoms with Crippen LogP contribution in [0.15, 0.2) is 28.3 Å². The number of aromatic hydroxyl groups is 2. The molecule has 0 fully saturated rings. The molecule has 28 heavy (non-hydrogen) atoms. The van der Waals surface area contributed by atoms with E-state index in [1.165, 1.54) is 0 Å². The maximum absolute atomic E-state index is 13.7. The van der Waals surface area contributed by atoms with Crippen molar-refractivity contribution < 1.29 is 19.5 Å². The molecule has 1 aromatic carbocycles. The molecule has 2 aromatic rings. The number of halogens is 7. The van der Waals surface area contributed by atoms with E-state index in [0.717, 1.165) is 22.8 Å². The van der Waals surface area contributed by atoms with Crippen molar-refractivity contribution in [2.45, 2.75) is 14.1 Å². The van der Waals surface area contributed by atoms with E-state index in [1.54, 1.807) is 0 Å². The molecule has 0 radical (unpaired) electrons. The quantitative estimate of drug-likeness (QED) is 0.310. The van der Waals surface area contributed by atoms with Crippen molar-refractivity contribution in [2.75, 3.05) is 0 Å². The zero-order valence-corrected chi connectivity index (χ0v) is 17.5. The minimum Gasteiger partial charge on any atom is -0.494 e. The fourth-order valence-corrected chi connectivity index (χ4v) is 6.25. The molecule has 0 saturated heterocycles. The van der Waals surface area contributed by atoms with Crippen LogP contribution in [0.5, 0.6) is 11.8 Å². The van der Waals surface area contributed by atoms with Gasteiger partial charge >= 0.3 is 5.69 Å².